The average Bonchev–Trinajstić information content (AvgIpc) is 2.57. The summed E-state index contributed by atoms with van der Waals surface area (Å²) in [6, 6.07) is 15.2. The number of benzene rings is 2. The van der Waals surface area contributed by atoms with Gasteiger partial charge >= 0.3 is 6.03 Å². The number of carbonyl (C=O) groups is 1. The maximum atomic E-state index is 12.3. The van der Waals surface area contributed by atoms with Gasteiger partial charge in [-0.3, -0.25) is 0 Å². The van der Waals surface area contributed by atoms with E-state index >= 15 is 0 Å². The molecule has 0 heterocycles. The van der Waals surface area contributed by atoms with Crippen molar-refractivity contribution in [1.82, 2.24) is 4.90 Å². The van der Waals surface area contributed by atoms with E-state index in [1.54, 1.807) is 11.9 Å². The van der Waals surface area contributed by atoms with E-state index in [9.17, 15) is 4.79 Å². The van der Waals surface area contributed by atoms with Crippen LogP contribution in [0.4, 0.5) is 10.5 Å². The van der Waals surface area contributed by atoms with Crippen LogP contribution in [0.2, 0.25) is 0 Å². The van der Waals surface area contributed by atoms with Crippen molar-refractivity contribution in [3.05, 3.63) is 58.6 Å². The molecule has 0 aromatic heterocycles. The van der Waals surface area contributed by atoms with Crippen LogP contribution in [0, 0.1) is 0 Å². The third kappa shape index (κ3) is 5.57. The van der Waals surface area contributed by atoms with Crippen molar-refractivity contribution >= 4 is 27.6 Å². The second-order valence-electron chi connectivity index (χ2n) is 5.78. The molecule has 1 N–H and O–H groups in total. The van der Waals surface area contributed by atoms with Gasteiger partial charge in [0.2, 0.25) is 0 Å². The smallest absolute Gasteiger partial charge is 0.321 e. The van der Waals surface area contributed by atoms with Crippen molar-refractivity contribution in [3.8, 4) is 5.75 Å². The quantitative estimate of drug-likeness (QED) is 0.727. The summed E-state index contributed by atoms with van der Waals surface area (Å²) in [4.78, 5) is 14.0. The Bertz CT molecular complexity index is 673. The Morgan fingerprint density at radius 2 is 1.96 bits per heavy atom. The Labute approximate surface area is 151 Å². The molecule has 2 aromatic carbocycles. The molecule has 0 spiro atoms. The summed E-state index contributed by atoms with van der Waals surface area (Å²) in [5.41, 5.74) is 1.80. The monoisotopic (exact) mass is 390 g/mol. The molecule has 0 aliphatic carbocycles. The number of rotatable bonds is 6. The first-order valence-electron chi connectivity index (χ1n) is 8.01. The maximum Gasteiger partial charge on any atom is 0.321 e. The van der Waals surface area contributed by atoms with Crippen LogP contribution in [-0.2, 0) is 6.54 Å². The third-order valence-electron chi connectivity index (χ3n) is 3.68. The molecule has 0 aliphatic heterocycles. The standard InChI is InChI=1S/C19H23BrN2O2/c1-4-14(2)24-18-7-5-6-17(12-18)21-19(23)22(3)13-15-8-10-16(20)11-9-15/h5-12,14H,4,13H2,1-3H3,(H,21,23). The van der Waals surface area contributed by atoms with Gasteiger partial charge in [-0.15, -0.1) is 0 Å². The molecule has 1 atom stereocenters. The van der Waals surface area contributed by atoms with Crippen LogP contribution in [-0.4, -0.2) is 24.1 Å². The molecule has 128 valence electrons. The molecule has 2 rings (SSSR count). The van der Waals surface area contributed by atoms with E-state index in [-0.39, 0.29) is 12.1 Å². The molecule has 0 bridgehead atoms. The second kappa shape index (κ2) is 8.73. The summed E-state index contributed by atoms with van der Waals surface area (Å²) in [5, 5.41) is 2.90. The minimum absolute atomic E-state index is 0.149. The van der Waals surface area contributed by atoms with E-state index in [4.69, 9.17) is 4.74 Å². The highest BCUT2D eigenvalue weighted by Gasteiger charge is 2.10. The van der Waals surface area contributed by atoms with Gasteiger partial charge in [-0.25, -0.2) is 4.79 Å². The van der Waals surface area contributed by atoms with E-state index in [0.717, 1.165) is 27.9 Å². The first-order valence-corrected chi connectivity index (χ1v) is 8.80. The number of amides is 2. The molecule has 0 saturated heterocycles. The SMILES string of the molecule is CCC(C)Oc1cccc(NC(=O)N(C)Cc2ccc(Br)cc2)c1. The summed E-state index contributed by atoms with van der Waals surface area (Å²) >= 11 is 3.41. The van der Waals surface area contributed by atoms with Crippen molar-refractivity contribution in [1.29, 1.82) is 0 Å². The number of halogens is 1. The normalized spacial score (nSPS) is 11.7. The van der Waals surface area contributed by atoms with Crippen LogP contribution >= 0.6 is 15.9 Å². The van der Waals surface area contributed by atoms with Crippen molar-refractivity contribution in [2.45, 2.75) is 32.9 Å². The number of hydrogen-bond donors (Lipinski definition) is 1. The van der Waals surface area contributed by atoms with Gasteiger partial charge in [0.25, 0.3) is 0 Å². The fourth-order valence-corrected chi connectivity index (χ4v) is 2.38. The lowest BCUT2D eigenvalue weighted by molar-refractivity contribution is 0.217. The molecule has 0 radical (unpaired) electrons. The zero-order valence-electron chi connectivity index (χ0n) is 14.3. The van der Waals surface area contributed by atoms with Gasteiger partial charge < -0.3 is 15.0 Å². The van der Waals surface area contributed by atoms with Crippen molar-refractivity contribution in [2.75, 3.05) is 12.4 Å². The molecule has 5 heteroatoms. The van der Waals surface area contributed by atoms with E-state index in [0.29, 0.717) is 6.54 Å². The van der Waals surface area contributed by atoms with E-state index in [2.05, 4.69) is 28.2 Å². The van der Waals surface area contributed by atoms with Gasteiger partial charge in [-0.1, -0.05) is 41.1 Å². The predicted molar refractivity (Wildman–Crippen MR) is 101 cm³/mol. The zero-order valence-corrected chi connectivity index (χ0v) is 15.8. The summed E-state index contributed by atoms with van der Waals surface area (Å²) < 4.78 is 6.81. The van der Waals surface area contributed by atoms with Crippen LogP contribution in [0.5, 0.6) is 5.75 Å². The molecule has 0 aliphatic rings. The molecule has 0 fully saturated rings. The van der Waals surface area contributed by atoms with Gasteiger partial charge in [0.15, 0.2) is 0 Å². The van der Waals surface area contributed by atoms with Crippen LogP contribution in [0.25, 0.3) is 0 Å². The Balaban J connectivity index is 1.95. The number of carbonyl (C=O) groups excluding carboxylic acids is 1. The van der Waals surface area contributed by atoms with Gasteiger partial charge in [-0.05, 0) is 43.2 Å². The number of nitrogens with one attached hydrogen (secondary N) is 1. The van der Waals surface area contributed by atoms with Crippen molar-refractivity contribution in [3.63, 3.8) is 0 Å². The summed E-state index contributed by atoms with van der Waals surface area (Å²) in [5.74, 6) is 0.762. The lowest BCUT2D eigenvalue weighted by Crippen LogP contribution is -2.30. The molecule has 2 aromatic rings. The first kappa shape index (κ1) is 18.3. The predicted octanol–water partition coefficient (Wildman–Crippen LogP) is 5.29. The highest BCUT2D eigenvalue weighted by molar-refractivity contribution is 9.10. The zero-order chi connectivity index (χ0) is 17.5. The number of ether oxygens (including phenoxy) is 1. The minimum atomic E-state index is -0.154. The van der Waals surface area contributed by atoms with Crippen LogP contribution in [0.15, 0.2) is 53.0 Å². The Morgan fingerprint density at radius 3 is 2.62 bits per heavy atom. The molecule has 0 saturated carbocycles. The highest BCUT2D eigenvalue weighted by atomic mass is 79.9. The largest absolute Gasteiger partial charge is 0.491 e. The highest BCUT2D eigenvalue weighted by Crippen LogP contribution is 2.20. The topological polar surface area (TPSA) is 41.6 Å². The number of hydrogen-bond acceptors (Lipinski definition) is 2. The van der Waals surface area contributed by atoms with Crippen molar-refractivity contribution < 1.29 is 9.53 Å². The molecular weight excluding hydrogens is 368 g/mol. The maximum absolute atomic E-state index is 12.3. The lowest BCUT2D eigenvalue weighted by Gasteiger charge is -2.19. The van der Waals surface area contributed by atoms with E-state index in [1.165, 1.54) is 0 Å². The fourth-order valence-electron chi connectivity index (χ4n) is 2.12. The fraction of sp³-hybridized carbons (Fsp3) is 0.316. The molecule has 2 amide bonds. The Hall–Kier alpha value is -2.01. The Kier molecular flexibility index (Phi) is 6.67. The number of anilines is 1. The average molecular weight is 391 g/mol. The van der Waals surface area contributed by atoms with Gasteiger partial charge in [0.1, 0.15) is 5.75 Å². The van der Waals surface area contributed by atoms with Crippen LogP contribution < -0.4 is 10.1 Å². The van der Waals surface area contributed by atoms with Crippen LogP contribution in [0.3, 0.4) is 0 Å². The summed E-state index contributed by atoms with van der Waals surface area (Å²) in [6.07, 6.45) is 1.09. The van der Waals surface area contributed by atoms with Gasteiger partial charge in [-0.2, -0.15) is 0 Å². The van der Waals surface area contributed by atoms with Crippen LogP contribution in [0.1, 0.15) is 25.8 Å². The molecule has 1 unspecified atom stereocenters. The molecule has 24 heavy (non-hydrogen) atoms. The number of nitrogens with zero attached hydrogens (tertiary/aromatic N) is 1. The first-order chi connectivity index (χ1) is 11.5. The van der Waals surface area contributed by atoms with E-state index in [1.807, 2.05) is 55.5 Å². The van der Waals surface area contributed by atoms with E-state index < -0.39 is 0 Å². The van der Waals surface area contributed by atoms with Gasteiger partial charge in [0, 0.05) is 29.8 Å². The Morgan fingerprint density at radius 1 is 1.25 bits per heavy atom. The number of urea groups is 1. The third-order valence-corrected chi connectivity index (χ3v) is 4.21. The lowest BCUT2D eigenvalue weighted by atomic mass is 10.2. The second-order valence-corrected chi connectivity index (χ2v) is 6.69. The molecular formula is C19H23BrN2O2. The summed E-state index contributed by atoms with van der Waals surface area (Å²) in [6.45, 7) is 4.65. The van der Waals surface area contributed by atoms with Gasteiger partial charge in [0.05, 0.1) is 6.10 Å². The summed E-state index contributed by atoms with van der Waals surface area (Å²) in [7, 11) is 1.77. The van der Waals surface area contributed by atoms with Crippen molar-refractivity contribution in [2.24, 2.45) is 0 Å². The molecule has 4 nitrogen and oxygen atoms in total. The minimum Gasteiger partial charge on any atom is -0.491 e.